The van der Waals surface area contributed by atoms with Crippen LogP contribution in [-0.4, -0.2) is 0 Å². The van der Waals surface area contributed by atoms with E-state index in [1.807, 2.05) is 6.92 Å². The lowest BCUT2D eigenvalue weighted by molar-refractivity contribution is -0.0174. The van der Waals surface area contributed by atoms with Gasteiger partial charge in [-0.3, -0.25) is 0 Å². The van der Waals surface area contributed by atoms with Crippen LogP contribution in [0.2, 0.25) is 0 Å². The maximum Gasteiger partial charge on any atom is 0.120 e. The van der Waals surface area contributed by atoms with E-state index in [9.17, 15) is 5.26 Å². The third-order valence-electron chi connectivity index (χ3n) is 4.50. The number of benzene rings is 2. The zero-order valence-electron chi connectivity index (χ0n) is 13.4. The van der Waals surface area contributed by atoms with Crippen molar-refractivity contribution >= 4 is 0 Å². The van der Waals surface area contributed by atoms with Crippen molar-refractivity contribution in [1.29, 1.82) is 5.26 Å². The van der Waals surface area contributed by atoms with Crippen LogP contribution in [-0.2, 0) is 16.9 Å². The number of fused-ring (bicyclic) bond motifs is 1. The molecule has 0 aliphatic carbocycles. The molecule has 0 bridgehead atoms. The van der Waals surface area contributed by atoms with Gasteiger partial charge in [0.1, 0.15) is 5.60 Å². The fourth-order valence-electron chi connectivity index (χ4n) is 3.34. The van der Waals surface area contributed by atoms with E-state index in [1.54, 1.807) is 0 Å². The molecule has 22 heavy (non-hydrogen) atoms. The van der Waals surface area contributed by atoms with Crippen LogP contribution in [0.5, 0.6) is 0 Å². The van der Waals surface area contributed by atoms with E-state index in [1.165, 1.54) is 22.3 Å². The van der Waals surface area contributed by atoms with E-state index in [-0.39, 0.29) is 5.92 Å². The summed E-state index contributed by atoms with van der Waals surface area (Å²) in [6.45, 7) is 6.76. The summed E-state index contributed by atoms with van der Waals surface area (Å²) < 4.78 is 6.31. The molecule has 0 saturated carbocycles. The van der Waals surface area contributed by atoms with Crippen LogP contribution in [0, 0.1) is 31.1 Å². The molecule has 2 heteroatoms. The Morgan fingerprint density at radius 1 is 1.14 bits per heavy atom. The first kappa shape index (κ1) is 14.8. The SMILES string of the molecule is Cc1ccc(C2(CC(C)C#N)OCc3cc(C)ccc32)cc1. The second-order valence-electron chi connectivity index (χ2n) is 6.38. The molecule has 2 aromatic carbocycles. The summed E-state index contributed by atoms with van der Waals surface area (Å²) in [6, 6.07) is 17.4. The van der Waals surface area contributed by atoms with Crippen molar-refractivity contribution in [2.24, 2.45) is 5.92 Å². The van der Waals surface area contributed by atoms with Crippen LogP contribution < -0.4 is 0 Å². The molecule has 2 nitrogen and oxygen atoms in total. The smallest absolute Gasteiger partial charge is 0.120 e. The predicted octanol–water partition coefficient (Wildman–Crippen LogP) is 4.63. The number of aryl methyl sites for hydroxylation is 2. The molecule has 1 heterocycles. The highest BCUT2D eigenvalue weighted by molar-refractivity contribution is 5.46. The van der Waals surface area contributed by atoms with Gasteiger partial charge in [-0.2, -0.15) is 5.26 Å². The molecule has 112 valence electrons. The normalized spacial score (nSPS) is 21.2. The molecular formula is C20H21NO. The second kappa shape index (κ2) is 5.59. The molecule has 0 aromatic heterocycles. The molecule has 0 radical (unpaired) electrons. The average molecular weight is 291 g/mol. The molecule has 0 fully saturated rings. The van der Waals surface area contributed by atoms with Gasteiger partial charge in [0.2, 0.25) is 0 Å². The summed E-state index contributed by atoms with van der Waals surface area (Å²) >= 11 is 0. The lowest BCUT2D eigenvalue weighted by Gasteiger charge is -2.31. The van der Waals surface area contributed by atoms with Gasteiger partial charge in [0.15, 0.2) is 0 Å². The molecule has 1 aliphatic heterocycles. The molecule has 3 rings (SSSR count). The Kier molecular flexibility index (Phi) is 3.76. The first-order chi connectivity index (χ1) is 10.5. The molecule has 0 amide bonds. The number of nitriles is 1. The fraction of sp³-hybridized carbons (Fsp3) is 0.350. The van der Waals surface area contributed by atoms with Crippen LogP contribution >= 0.6 is 0 Å². The Hall–Kier alpha value is -2.11. The van der Waals surface area contributed by atoms with Gasteiger partial charge in [-0.1, -0.05) is 53.6 Å². The molecule has 2 unspecified atom stereocenters. The molecule has 0 N–H and O–H groups in total. The largest absolute Gasteiger partial charge is 0.361 e. The third kappa shape index (κ3) is 2.42. The summed E-state index contributed by atoms with van der Waals surface area (Å²) in [5.41, 5.74) is 5.58. The van der Waals surface area contributed by atoms with Crippen molar-refractivity contribution in [2.45, 2.75) is 39.4 Å². The van der Waals surface area contributed by atoms with Gasteiger partial charge in [-0.15, -0.1) is 0 Å². The summed E-state index contributed by atoms with van der Waals surface area (Å²) in [7, 11) is 0. The van der Waals surface area contributed by atoms with Gasteiger partial charge in [-0.25, -0.2) is 0 Å². The molecule has 2 aromatic rings. The van der Waals surface area contributed by atoms with Crippen molar-refractivity contribution in [3.63, 3.8) is 0 Å². The summed E-state index contributed by atoms with van der Waals surface area (Å²) in [5.74, 6) is -0.0615. The fourth-order valence-corrected chi connectivity index (χ4v) is 3.34. The quantitative estimate of drug-likeness (QED) is 0.826. The van der Waals surface area contributed by atoms with Crippen molar-refractivity contribution in [1.82, 2.24) is 0 Å². The van der Waals surface area contributed by atoms with E-state index in [0.717, 1.165) is 5.56 Å². The van der Waals surface area contributed by atoms with Crippen molar-refractivity contribution < 1.29 is 4.74 Å². The predicted molar refractivity (Wildman–Crippen MR) is 87.3 cm³/mol. The molecular weight excluding hydrogens is 270 g/mol. The minimum Gasteiger partial charge on any atom is -0.361 e. The van der Waals surface area contributed by atoms with Crippen molar-refractivity contribution in [2.75, 3.05) is 0 Å². The number of nitrogens with zero attached hydrogens (tertiary/aromatic N) is 1. The van der Waals surface area contributed by atoms with Crippen molar-refractivity contribution in [3.8, 4) is 6.07 Å². The Morgan fingerprint density at radius 3 is 2.50 bits per heavy atom. The molecule has 2 atom stereocenters. The van der Waals surface area contributed by atoms with Gasteiger partial charge < -0.3 is 4.74 Å². The van der Waals surface area contributed by atoms with Crippen LogP contribution in [0.25, 0.3) is 0 Å². The maximum atomic E-state index is 9.29. The maximum absolute atomic E-state index is 9.29. The number of hydrogen-bond acceptors (Lipinski definition) is 2. The van der Waals surface area contributed by atoms with E-state index < -0.39 is 5.60 Å². The zero-order valence-corrected chi connectivity index (χ0v) is 13.4. The Labute approximate surface area is 132 Å². The van der Waals surface area contributed by atoms with Gasteiger partial charge in [-0.05, 0) is 37.5 Å². The average Bonchev–Trinajstić information content (AvgIpc) is 2.86. The van der Waals surface area contributed by atoms with E-state index in [4.69, 9.17) is 4.74 Å². The summed E-state index contributed by atoms with van der Waals surface area (Å²) in [4.78, 5) is 0. The van der Waals surface area contributed by atoms with Gasteiger partial charge in [0.25, 0.3) is 0 Å². The molecule has 0 spiro atoms. The minimum atomic E-state index is -0.494. The van der Waals surface area contributed by atoms with Gasteiger partial charge in [0.05, 0.1) is 12.7 Å². The first-order valence-corrected chi connectivity index (χ1v) is 7.76. The van der Waals surface area contributed by atoms with Gasteiger partial charge >= 0.3 is 0 Å². The first-order valence-electron chi connectivity index (χ1n) is 7.76. The number of ether oxygens (including phenoxy) is 1. The van der Waals surface area contributed by atoms with Crippen LogP contribution in [0.4, 0.5) is 0 Å². The molecule has 0 saturated heterocycles. The Bertz CT molecular complexity index is 726. The van der Waals surface area contributed by atoms with Crippen LogP contribution in [0.1, 0.15) is 41.2 Å². The topological polar surface area (TPSA) is 33.0 Å². The number of hydrogen-bond donors (Lipinski definition) is 0. The Morgan fingerprint density at radius 2 is 1.82 bits per heavy atom. The standard InChI is InChI=1S/C20H21NO/c1-14-4-7-18(8-5-14)20(11-16(3)12-21)19-9-6-15(2)10-17(19)13-22-20/h4-10,16H,11,13H2,1-3H3. The highest BCUT2D eigenvalue weighted by Crippen LogP contribution is 2.46. The third-order valence-corrected chi connectivity index (χ3v) is 4.50. The van der Waals surface area contributed by atoms with E-state index >= 15 is 0 Å². The van der Waals surface area contributed by atoms with Crippen molar-refractivity contribution in [3.05, 3.63) is 70.3 Å². The number of rotatable bonds is 3. The van der Waals surface area contributed by atoms with E-state index in [0.29, 0.717) is 13.0 Å². The minimum absolute atomic E-state index is 0.0615. The Balaban J connectivity index is 2.14. The highest BCUT2D eigenvalue weighted by atomic mass is 16.5. The van der Waals surface area contributed by atoms with E-state index in [2.05, 4.69) is 62.4 Å². The van der Waals surface area contributed by atoms with Crippen LogP contribution in [0.15, 0.2) is 42.5 Å². The molecule has 1 aliphatic rings. The monoisotopic (exact) mass is 291 g/mol. The highest BCUT2D eigenvalue weighted by Gasteiger charge is 2.42. The summed E-state index contributed by atoms with van der Waals surface area (Å²) in [6.07, 6.45) is 0.683. The zero-order chi connectivity index (χ0) is 15.7. The lowest BCUT2D eigenvalue weighted by Crippen LogP contribution is -2.29. The second-order valence-corrected chi connectivity index (χ2v) is 6.38. The van der Waals surface area contributed by atoms with Crippen LogP contribution in [0.3, 0.4) is 0 Å². The summed E-state index contributed by atoms with van der Waals surface area (Å²) in [5, 5.41) is 9.29. The van der Waals surface area contributed by atoms with Gasteiger partial charge in [0, 0.05) is 12.3 Å². The lowest BCUT2D eigenvalue weighted by atomic mass is 9.79.